The van der Waals surface area contributed by atoms with Crippen LogP contribution in [0.3, 0.4) is 0 Å². The molecule has 2 saturated heterocycles. The van der Waals surface area contributed by atoms with Crippen molar-refractivity contribution in [3.63, 3.8) is 0 Å². The molecule has 0 aromatic carbocycles. The van der Waals surface area contributed by atoms with Crippen LogP contribution in [0.4, 0.5) is 0 Å². The van der Waals surface area contributed by atoms with Gasteiger partial charge in [0.25, 0.3) is 5.91 Å². The smallest absolute Gasteiger partial charge is 0.274 e. The van der Waals surface area contributed by atoms with Gasteiger partial charge in [0.1, 0.15) is 5.69 Å². The molecule has 6 nitrogen and oxygen atoms in total. The number of imidazole rings is 1. The Morgan fingerprint density at radius 2 is 2.24 bits per heavy atom. The van der Waals surface area contributed by atoms with Crippen LogP contribution in [0.1, 0.15) is 30.8 Å². The summed E-state index contributed by atoms with van der Waals surface area (Å²) >= 11 is 0. The number of aryl methyl sites for hydroxylation is 1. The topological polar surface area (TPSA) is 50.6 Å². The van der Waals surface area contributed by atoms with Gasteiger partial charge in [-0.25, -0.2) is 4.98 Å². The highest BCUT2D eigenvalue weighted by Crippen LogP contribution is 2.25. The molecule has 2 aliphatic heterocycles. The van der Waals surface area contributed by atoms with Gasteiger partial charge in [-0.2, -0.15) is 0 Å². The number of aromatic nitrogens is 2. The van der Waals surface area contributed by atoms with Crippen molar-refractivity contribution in [1.29, 1.82) is 0 Å². The Kier molecular flexibility index (Phi) is 3.99. The van der Waals surface area contributed by atoms with Crippen LogP contribution in [0.25, 0.3) is 0 Å². The van der Waals surface area contributed by atoms with Crippen molar-refractivity contribution in [3.8, 4) is 0 Å². The highest BCUT2D eigenvalue weighted by atomic mass is 16.5. The van der Waals surface area contributed by atoms with Crippen LogP contribution in [0.15, 0.2) is 12.5 Å². The van der Waals surface area contributed by atoms with E-state index in [9.17, 15) is 4.79 Å². The lowest BCUT2D eigenvalue weighted by Gasteiger charge is -2.48. The number of piperidine rings is 1. The molecule has 6 heteroatoms. The zero-order chi connectivity index (χ0) is 15.0. The summed E-state index contributed by atoms with van der Waals surface area (Å²) in [5.41, 5.74) is 0.531. The van der Waals surface area contributed by atoms with Gasteiger partial charge >= 0.3 is 0 Å². The van der Waals surface area contributed by atoms with E-state index in [0.29, 0.717) is 17.8 Å². The molecular formula is C15H24N4O2. The maximum absolute atomic E-state index is 12.6. The first-order valence-corrected chi connectivity index (χ1v) is 7.71. The number of likely N-dealkylation sites (tertiary alicyclic amines) is 1. The zero-order valence-corrected chi connectivity index (χ0v) is 13.0. The van der Waals surface area contributed by atoms with Gasteiger partial charge in [0.2, 0.25) is 0 Å². The molecule has 1 aromatic rings. The van der Waals surface area contributed by atoms with E-state index < -0.39 is 0 Å². The second-order valence-electron chi connectivity index (χ2n) is 6.27. The van der Waals surface area contributed by atoms with E-state index in [-0.39, 0.29) is 12.0 Å². The van der Waals surface area contributed by atoms with Gasteiger partial charge in [0, 0.05) is 38.9 Å². The van der Waals surface area contributed by atoms with Gasteiger partial charge in [0.15, 0.2) is 0 Å². The quantitative estimate of drug-likeness (QED) is 0.807. The first kappa shape index (κ1) is 14.5. The van der Waals surface area contributed by atoms with Gasteiger partial charge in [-0.1, -0.05) is 0 Å². The van der Waals surface area contributed by atoms with Gasteiger partial charge < -0.3 is 14.2 Å². The molecule has 0 spiro atoms. The van der Waals surface area contributed by atoms with Crippen molar-refractivity contribution in [2.75, 3.05) is 26.2 Å². The largest absolute Gasteiger partial charge is 0.375 e. The third kappa shape index (κ3) is 2.82. The van der Waals surface area contributed by atoms with Crippen LogP contribution in [0.5, 0.6) is 0 Å². The van der Waals surface area contributed by atoms with Crippen LogP contribution >= 0.6 is 0 Å². The number of nitrogens with zero attached hydrogens (tertiary/aromatic N) is 4. The first-order chi connectivity index (χ1) is 10.1. The highest BCUT2D eigenvalue weighted by Gasteiger charge is 2.39. The number of hydrogen-bond donors (Lipinski definition) is 0. The van der Waals surface area contributed by atoms with E-state index in [4.69, 9.17) is 4.74 Å². The first-order valence-electron chi connectivity index (χ1n) is 7.71. The minimum absolute atomic E-state index is 0.0309. The van der Waals surface area contributed by atoms with Crippen molar-refractivity contribution in [2.45, 2.75) is 38.5 Å². The molecule has 0 radical (unpaired) electrons. The van der Waals surface area contributed by atoms with Gasteiger partial charge in [0.05, 0.1) is 25.1 Å². The average Bonchev–Trinajstić information content (AvgIpc) is 2.91. The number of carbonyl (C=O) groups excluding carboxylic acids is 1. The number of rotatable bonds is 2. The van der Waals surface area contributed by atoms with Crippen LogP contribution in [0.2, 0.25) is 0 Å². The number of hydrogen-bond acceptors (Lipinski definition) is 4. The average molecular weight is 292 g/mol. The van der Waals surface area contributed by atoms with Crippen molar-refractivity contribution in [2.24, 2.45) is 7.05 Å². The summed E-state index contributed by atoms with van der Waals surface area (Å²) in [6.45, 7) is 7.66. The minimum Gasteiger partial charge on any atom is -0.375 e. The maximum atomic E-state index is 12.6. The number of fused-ring (bicyclic) bond motifs is 1. The van der Waals surface area contributed by atoms with E-state index in [1.807, 2.05) is 16.5 Å². The third-order valence-corrected chi connectivity index (χ3v) is 4.50. The number of morpholine rings is 1. The summed E-state index contributed by atoms with van der Waals surface area (Å²) in [4.78, 5) is 21.1. The molecule has 2 aliphatic rings. The molecule has 3 heterocycles. The molecule has 1 aromatic heterocycles. The maximum Gasteiger partial charge on any atom is 0.274 e. The molecule has 0 bridgehead atoms. The molecule has 2 fully saturated rings. The fourth-order valence-electron chi connectivity index (χ4n) is 3.41. The number of ether oxygens (including phenoxy) is 1. The molecule has 21 heavy (non-hydrogen) atoms. The lowest BCUT2D eigenvalue weighted by Crippen LogP contribution is -2.62. The lowest BCUT2D eigenvalue weighted by atomic mass is 9.97. The Bertz CT molecular complexity index is 514. The summed E-state index contributed by atoms with van der Waals surface area (Å²) in [5, 5.41) is 0. The Hall–Kier alpha value is -1.40. The summed E-state index contributed by atoms with van der Waals surface area (Å²) in [7, 11) is 1.88. The second-order valence-corrected chi connectivity index (χ2v) is 6.27. The summed E-state index contributed by atoms with van der Waals surface area (Å²) in [6, 6.07) is 0.784. The molecule has 2 atom stereocenters. The molecular weight excluding hydrogens is 268 g/mol. The SMILES string of the molecule is CC(C)N1CCO[C@H]2CCN(C(=O)c3cn(C)cn3)C[C@@H]21. The van der Waals surface area contributed by atoms with Crippen molar-refractivity contribution in [3.05, 3.63) is 18.2 Å². The molecule has 0 unspecified atom stereocenters. The lowest BCUT2D eigenvalue weighted by molar-refractivity contribution is -0.107. The Morgan fingerprint density at radius 1 is 1.43 bits per heavy atom. The monoisotopic (exact) mass is 292 g/mol. The van der Waals surface area contributed by atoms with Crippen LogP contribution < -0.4 is 0 Å². The molecule has 0 N–H and O–H groups in total. The number of amides is 1. The standard InChI is InChI=1S/C15H24N4O2/c1-11(2)19-6-7-21-14-4-5-18(9-13(14)19)15(20)12-8-17(3)10-16-12/h8,10-11,13-14H,4-7,9H2,1-3H3/t13-,14-/m0/s1. The minimum atomic E-state index is 0.0309. The highest BCUT2D eigenvalue weighted by molar-refractivity contribution is 5.92. The summed E-state index contributed by atoms with van der Waals surface area (Å²) in [6.07, 6.45) is 4.62. The van der Waals surface area contributed by atoms with E-state index in [1.54, 1.807) is 12.5 Å². The molecule has 0 saturated carbocycles. The van der Waals surface area contributed by atoms with E-state index in [1.165, 1.54) is 0 Å². The van der Waals surface area contributed by atoms with Crippen molar-refractivity contribution in [1.82, 2.24) is 19.4 Å². The normalized spacial score (nSPS) is 27.0. The van der Waals surface area contributed by atoms with Crippen molar-refractivity contribution >= 4 is 5.91 Å². The van der Waals surface area contributed by atoms with Gasteiger partial charge in [-0.15, -0.1) is 0 Å². The van der Waals surface area contributed by atoms with Crippen LogP contribution in [-0.2, 0) is 11.8 Å². The van der Waals surface area contributed by atoms with E-state index >= 15 is 0 Å². The summed E-state index contributed by atoms with van der Waals surface area (Å²) in [5.74, 6) is 0.0309. The van der Waals surface area contributed by atoms with Crippen LogP contribution in [0, 0.1) is 0 Å². The zero-order valence-electron chi connectivity index (χ0n) is 13.0. The Labute approximate surface area is 125 Å². The summed E-state index contributed by atoms with van der Waals surface area (Å²) < 4.78 is 7.71. The Morgan fingerprint density at radius 3 is 2.90 bits per heavy atom. The predicted molar refractivity (Wildman–Crippen MR) is 79.1 cm³/mol. The van der Waals surface area contributed by atoms with E-state index in [0.717, 1.165) is 32.7 Å². The Balaban J connectivity index is 1.73. The fraction of sp³-hybridized carbons (Fsp3) is 0.733. The molecule has 1 amide bonds. The second kappa shape index (κ2) is 5.77. The molecule has 116 valence electrons. The van der Waals surface area contributed by atoms with Gasteiger partial charge in [-0.05, 0) is 20.3 Å². The third-order valence-electron chi connectivity index (χ3n) is 4.50. The number of carbonyl (C=O) groups is 1. The molecule has 0 aliphatic carbocycles. The fourth-order valence-corrected chi connectivity index (χ4v) is 3.41. The van der Waals surface area contributed by atoms with Crippen LogP contribution in [-0.4, -0.2) is 69.7 Å². The van der Waals surface area contributed by atoms with E-state index in [2.05, 4.69) is 23.7 Å². The molecule has 3 rings (SSSR count). The van der Waals surface area contributed by atoms with Crippen molar-refractivity contribution < 1.29 is 9.53 Å². The predicted octanol–water partition coefficient (Wildman–Crippen LogP) is 0.744. The van der Waals surface area contributed by atoms with Gasteiger partial charge in [-0.3, -0.25) is 9.69 Å².